The Morgan fingerprint density at radius 3 is 2.74 bits per heavy atom. The van der Waals surface area contributed by atoms with Crippen molar-refractivity contribution in [3.63, 3.8) is 0 Å². The van der Waals surface area contributed by atoms with Crippen LogP contribution in [-0.4, -0.2) is 38.7 Å². The lowest BCUT2D eigenvalue weighted by Gasteiger charge is -2.11. The molecule has 0 heterocycles. The molecule has 0 fully saturated rings. The van der Waals surface area contributed by atoms with Crippen molar-refractivity contribution in [1.29, 1.82) is 0 Å². The van der Waals surface area contributed by atoms with E-state index in [1.807, 2.05) is 13.2 Å². The zero-order valence-corrected chi connectivity index (χ0v) is 12.7. The van der Waals surface area contributed by atoms with Crippen molar-refractivity contribution in [2.75, 3.05) is 25.2 Å². The Bertz CT molecular complexity index is 502. The number of nitrogens with one attached hydrogen (secondary N) is 1. The van der Waals surface area contributed by atoms with Gasteiger partial charge in [0, 0.05) is 17.9 Å². The van der Waals surface area contributed by atoms with Crippen LogP contribution in [0.1, 0.15) is 12.5 Å². The van der Waals surface area contributed by atoms with Crippen molar-refractivity contribution in [1.82, 2.24) is 4.72 Å². The van der Waals surface area contributed by atoms with E-state index in [-0.39, 0.29) is 11.5 Å². The number of ether oxygens (including phenoxy) is 1. The third-order valence-corrected chi connectivity index (χ3v) is 4.48. The van der Waals surface area contributed by atoms with Crippen molar-refractivity contribution < 1.29 is 18.3 Å². The van der Waals surface area contributed by atoms with Crippen LogP contribution in [0, 0.1) is 0 Å². The molecule has 5 nitrogen and oxygen atoms in total. The van der Waals surface area contributed by atoms with Gasteiger partial charge in [-0.1, -0.05) is 0 Å². The molecule has 0 amide bonds. The van der Waals surface area contributed by atoms with Gasteiger partial charge in [0.25, 0.3) is 0 Å². The van der Waals surface area contributed by atoms with Crippen LogP contribution in [0.25, 0.3) is 0 Å². The molecule has 0 saturated heterocycles. The molecule has 0 saturated carbocycles. The molecule has 1 aromatic carbocycles. The predicted molar refractivity (Wildman–Crippen MR) is 77.1 cm³/mol. The number of sulfonamides is 1. The lowest BCUT2D eigenvalue weighted by atomic mass is 10.2. The van der Waals surface area contributed by atoms with Crippen molar-refractivity contribution >= 4 is 21.8 Å². The summed E-state index contributed by atoms with van der Waals surface area (Å²) in [6, 6.07) is 4.48. The standard InChI is InChI=1S/C12H19NO4S2/c1-3-17-12-5-4-11(8-10(12)9-14)19(15,16)13-6-7-18-2/h4-5,8,13-14H,3,6-7,9H2,1-2H3. The SMILES string of the molecule is CCOc1ccc(S(=O)(=O)NCCSC)cc1CO. The molecule has 1 rings (SSSR count). The van der Waals surface area contributed by atoms with Gasteiger partial charge in [-0.05, 0) is 31.4 Å². The lowest BCUT2D eigenvalue weighted by Crippen LogP contribution is -2.26. The van der Waals surface area contributed by atoms with Gasteiger partial charge in [-0.2, -0.15) is 11.8 Å². The largest absolute Gasteiger partial charge is 0.494 e. The molecule has 7 heteroatoms. The molecule has 0 radical (unpaired) electrons. The van der Waals surface area contributed by atoms with Crippen LogP contribution < -0.4 is 9.46 Å². The van der Waals surface area contributed by atoms with Crippen molar-refractivity contribution in [3.05, 3.63) is 23.8 Å². The fourth-order valence-corrected chi connectivity index (χ4v) is 3.02. The summed E-state index contributed by atoms with van der Waals surface area (Å²) in [5, 5.41) is 9.25. The van der Waals surface area contributed by atoms with E-state index in [0.717, 1.165) is 0 Å². The monoisotopic (exact) mass is 305 g/mol. The molecule has 108 valence electrons. The number of benzene rings is 1. The highest BCUT2D eigenvalue weighted by atomic mass is 32.2. The second-order valence-corrected chi connectivity index (χ2v) is 6.50. The Labute approximate surface area is 118 Å². The number of rotatable bonds is 8. The molecule has 0 unspecified atom stereocenters. The molecule has 0 aliphatic heterocycles. The summed E-state index contributed by atoms with van der Waals surface area (Å²) in [5.41, 5.74) is 0.467. The molecular formula is C12H19NO4S2. The molecule has 0 bridgehead atoms. The first-order valence-corrected chi connectivity index (χ1v) is 8.78. The maximum atomic E-state index is 12.0. The Hall–Kier alpha value is -0.760. The summed E-state index contributed by atoms with van der Waals surface area (Å²) < 4.78 is 31.8. The Morgan fingerprint density at radius 2 is 2.16 bits per heavy atom. The molecule has 0 spiro atoms. The van der Waals surface area contributed by atoms with Crippen LogP contribution in [0.3, 0.4) is 0 Å². The smallest absolute Gasteiger partial charge is 0.240 e. The number of aliphatic hydroxyl groups is 1. The van der Waals surface area contributed by atoms with E-state index < -0.39 is 10.0 Å². The zero-order valence-electron chi connectivity index (χ0n) is 11.0. The summed E-state index contributed by atoms with van der Waals surface area (Å²) >= 11 is 1.57. The second-order valence-electron chi connectivity index (χ2n) is 3.75. The molecule has 0 aromatic heterocycles. The van der Waals surface area contributed by atoms with E-state index in [2.05, 4.69) is 4.72 Å². The first-order chi connectivity index (χ1) is 9.05. The van der Waals surface area contributed by atoms with E-state index in [0.29, 0.717) is 30.2 Å². The number of hydrogen-bond donors (Lipinski definition) is 2. The fourth-order valence-electron chi connectivity index (χ4n) is 1.50. The number of hydrogen-bond acceptors (Lipinski definition) is 5. The van der Waals surface area contributed by atoms with Crippen molar-refractivity contribution in [2.24, 2.45) is 0 Å². The average molecular weight is 305 g/mol. The minimum atomic E-state index is -3.53. The number of aliphatic hydroxyl groups excluding tert-OH is 1. The molecule has 19 heavy (non-hydrogen) atoms. The third-order valence-electron chi connectivity index (χ3n) is 2.41. The topological polar surface area (TPSA) is 75.6 Å². The molecular weight excluding hydrogens is 286 g/mol. The molecule has 0 aliphatic rings. The molecule has 0 aliphatic carbocycles. The second kappa shape index (κ2) is 7.74. The summed E-state index contributed by atoms with van der Waals surface area (Å²) in [7, 11) is -3.53. The maximum Gasteiger partial charge on any atom is 0.240 e. The summed E-state index contributed by atoms with van der Waals surface area (Å²) in [6.07, 6.45) is 1.91. The van der Waals surface area contributed by atoms with E-state index in [9.17, 15) is 13.5 Å². The zero-order chi connectivity index (χ0) is 14.3. The summed E-state index contributed by atoms with van der Waals surface area (Å²) in [5.74, 6) is 1.22. The fraction of sp³-hybridized carbons (Fsp3) is 0.500. The van der Waals surface area contributed by atoms with Crippen LogP contribution in [0.15, 0.2) is 23.1 Å². The van der Waals surface area contributed by atoms with E-state index >= 15 is 0 Å². The molecule has 1 aromatic rings. The Balaban J connectivity index is 2.94. The molecule has 2 N–H and O–H groups in total. The van der Waals surface area contributed by atoms with Crippen molar-refractivity contribution in [2.45, 2.75) is 18.4 Å². The van der Waals surface area contributed by atoms with Crippen LogP contribution >= 0.6 is 11.8 Å². The maximum absolute atomic E-state index is 12.0. The van der Waals surface area contributed by atoms with E-state index in [1.165, 1.54) is 12.1 Å². The van der Waals surface area contributed by atoms with Crippen LogP contribution in [0.5, 0.6) is 5.75 Å². The van der Waals surface area contributed by atoms with Gasteiger partial charge in [-0.15, -0.1) is 0 Å². The van der Waals surface area contributed by atoms with Crippen LogP contribution in [0.2, 0.25) is 0 Å². The van der Waals surface area contributed by atoms with Gasteiger partial charge in [0.1, 0.15) is 5.75 Å². The van der Waals surface area contributed by atoms with Gasteiger partial charge < -0.3 is 9.84 Å². The van der Waals surface area contributed by atoms with Crippen LogP contribution in [-0.2, 0) is 16.6 Å². The summed E-state index contributed by atoms with van der Waals surface area (Å²) in [6.45, 7) is 2.41. The molecule has 0 atom stereocenters. The first kappa shape index (κ1) is 16.3. The highest BCUT2D eigenvalue weighted by molar-refractivity contribution is 7.98. The van der Waals surface area contributed by atoms with Gasteiger partial charge in [0.05, 0.1) is 18.1 Å². The van der Waals surface area contributed by atoms with Crippen LogP contribution in [0.4, 0.5) is 0 Å². The van der Waals surface area contributed by atoms with E-state index in [1.54, 1.807) is 17.8 Å². The van der Waals surface area contributed by atoms with Gasteiger partial charge in [-0.3, -0.25) is 0 Å². The lowest BCUT2D eigenvalue weighted by molar-refractivity contribution is 0.266. The third kappa shape index (κ3) is 4.68. The highest BCUT2D eigenvalue weighted by Gasteiger charge is 2.15. The quantitative estimate of drug-likeness (QED) is 0.706. The minimum absolute atomic E-state index is 0.140. The van der Waals surface area contributed by atoms with Gasteiger partial charge in [0.15, 0.2) is 0 Å². The Kier molecular flexibility index (Phi) is 6.64. The normalized spacial score (nSPS) is 11.5. The summed E-state index contributed by atoms with van der Waals surface area (Å²) in [4.78, 5) is 0.140. The van der Waals surface area contributed by atoms with Gasteiger partial charge >= 0.3 is 0 Å². The Morgan fingerprint density at radius 1 is 1.42 bits per heavy atom. The number of thioether (sulfide) groups is 1. The highest BCUT2D eigenvalue weighted by Crippen LogP contribution is 2.22. The van der Waals surface area contributed by atoms with Gasteiger partial charge in [0.2, 0.25) is 10.0 Å². The first-order valence-electron chi connectivity index (χ1n) is 5.90. The van der Waals surface area contributed by atoms with Crippen molar-refractivity contribution in [3.8, 4) is 5.75 Å². The minimum Gasteiger partial charge on any atom is -0.494 e. The average Bonchev–Trinajstić information content (AvgIpc) is 2.39. The van der Waals surface area contributed by atoms with E-state index in [4.69, 9.17) is 4.74 Å². The van der Waals surface area contributed by atoms with Gasteiger partial charge in [-0.25, -0.2) is 13.1 Å². The predicted octanol–water partition coefficient (Wildman–Crippen LogP) is 1.22.